The van der Waals surface area contributed by atoms with Gasteiger partial charge in [0.15, 0.2) is 0 Å². The van der Waals surface area contributed by atoms with Gasteiger partial charge in [-0.3, -0.25) is 9.97 Å². The summed E-state index contributed by atoms with van der Waals surface area (Å²) < 4.78 is 0. The third-order valence-corrected chi connectivity index (χ3v) is 0.478. The predicted molar refractivity (Wildman–Crippen MR) is 46.3 cm³/mol. The van der Waals surface area contributed by atoms with Gasteiger partial charge in [0, 0.05) is 50.7 Å². The zero-order valence-corrected chi connectivity index (χ0v) is 11.3. The first-order valence-electron chi connectivity index (χ1n) is 3.59. The van der Waals surface area contributed by atoms with E-state index in [2.05, 4.69) is 9.97 Å². The van der Waals surface area contributed by atoms with Crippen LogP contribution in [0, 0.1) is 38.6 Å². The van der Waals surface area contributed by atoms with Crippen LogP contribution < -0.4 is 20.4 Å². The van der Waals surface area contributed by atoms with Crippen LogP contribution in [0.4, 0.5) is 0 Å². The molecule has 1 rings (SSSR count). The number of carbonyl (C=O) groups excluding carboxylic acids is 4. The molecule has 0 spiro atoms. The summed E-state index contributed by atoms with van der Waals surface area (Å²) in [5.41, 5.74) is 0. The van der Waals surface area contributed by atoms with Crippen LogP contribution in [-0.4, -0.2) is 35.9 Å². The number of carbonyl (C=O) groups is 4. The third-order valence-electron chi connectivity index (χ3n) is 0.478. The number of carboxylic acid groups (broad SMARTS) is 4. The molecule has 0 amide bonds. The van der Waals surface area contributed by atoms with Gasteiger partial charge in [-0.05, 0) is 0 Å². The topological polar surface area (TPSA) is 186 Å². The summed E-state index contributed by atoms with van der Waals surface area (Å²) in [6.07, 6.45) is 6.56. The van der Waals surface area contributed by atoms with Crippen LogP contribution >= 0.6 is 0 Å². The Hall–Kier alpha value is -1.75. The fourth-order valence-electron chi connectivity index (χ4n) is 0.253. The Bertz CT molecular complexity index is 211. The zero-order valence-electron chi connectivity index (χ0n) is 9.11. The van der Waals surface area contributed by atoms with E-state index < -0.39 is 25.9 Å². The predicted octanol–water partition coefficient (Wildman–Crippen LogP) is -6.06. The monoisotopic (exact) mass is 419 g/mol. The molecule has 0 aromatic carbocycles. The first-order valence-corrected chi connectivity index (χ1v) is 3.59. The van der Waals surface area contributed by atoms with Gasteiger partial charge in [-0.15, -0.1) is 0 Å². The van der Waals surface area contributed by atoms with Crippen molar-refractivity contribution in [2.45, 2.75) is 0 Å². The smallest absolute Gasteiger partial charge is 0.554 e. The average Bonchev–Trinajstić information content (AvgIpc) is 2.35. The number of hydrogen-bond donors (Lipinski definition) is 0. The van der Waals surface area contributed by atoms with Gasteiger partial charge in [0.2, 0.25) is 0 Å². The molecule has 19 heavy (non-hydrogen) atoms. The Morgan fingerprint density at radius 1 is 0.579 bits per heavy atom. The van der Waals surface area contributed by atoms with E-state index >= 15 is 0 Å². The van der Waals surface area contributed by atoms with Crippen molar-refractivity contribution in [1.29, 1.82) is 0 Å². The molecule has 0 bridgehead atoms. The Labute approximate surface area is 138 Å². The average molecular weight is 419 g/mol. The van der Waals surface area contributed by atoms with Crippen LogP contribution in [0.5, 0.6) is 0 Å². The molecule has 0 saturated carbocycles. The van der Waals surface area contributed by atoms with E-state index in [1.54, 1.807) is 24.8 Å². The first-order chi connectivity index (χ1) is 8.66. The first kappa shape index (κ1) is 30.4. The minimum atomic E-state index is -0.500. The van der Waals surface area contributed by atoms with E-state index in [0.717, 1.165) is 0 Å². The zero-order chi connectivity index (χ0) is 15.1. The largest absolute Gasteiger partial charge is 4.00 e. The molecule has 0 aliphatic carbocycles. The molecular weight excluding hydrogens is 411 g/mol. The van der Waals surface area contributed by atoms with Crippen LogP contribution in [-0.2, 0) is 19.2 Å². The van der Waals surface area contributed by atoms with Gasteiger partial charge in [-0.25, -0.2) is 0 Å². The summed E-state index contributed by atoms with van der Waals surface area (Å²) in [6.45, 7) is -2.00. The molecule has 0 fully saturated rings. The van der Waals surface area contributed by atoms with Crippen LogP contribution in [0.25, 0.3) is 0 Å². The van der Waals surface area contributed by atoms with Crippen molar-refractivity contribution in [3.8, 4) is 0 Å². The molecule has 1 radical (unpaired) electrons. The minimum absolute atomic E-state index is 0. The molecule has 1 aromatic heterocycles. The van der Waals surface area contributed by atoms with Gasteiger partial charge >= 0.3 is 38.6 Å². The molecule has 11 heteroatoms. The van der Waals surface area contributed by atoms with Crippen molar-refractivity contribution in [2.24, 2.45) is 0 Å². The van der Waals surface area contributed by atoms with Crippen LogP contribution in [0.2, 0.25) is 0 Å². The standard InChI is InChI=1S/C4H4N2.4CH2O2.Tb/c1-2-6-4-3-5-1;4*2-1-3;/h1-4H;4*1H,(H,2,3);/q;;;;;+4/p-4. The number of aromatic nitrogens is 2. The number of nitrogens with zero attached hydrogens (tertiary/aromatic N) is 2. The second kappa shape index (κ2) is 55.5. The molecular formula is C8H8N2O8Tb. The molecule has 0 aliphatic heterocycles. The van der Waals surface area contributed by atoms with Crippen LogP contribution in [0.1, 0.15) is 0 Å². The van der Waals surface area contributed by atoms with Crippen molar-refractivity contribution >= 4 is 25.9 Å². The molecule has 0 aliphatic rings. The minimum Gasteiger partial charge on any atom is -0.554 e. The maximum atomic E-state index is 8.25. The molecule has 0 saturated heterocycles. The van der Waals surface area contributed by atoms with Gasteiger partial charge in [-0.1, -0.05) is 0 Å². The van der Waals surface area contributed by atoms with Gasteiger partial charge in [-0.2, -0.15) is 0 Å². The van der Waals surface area contributed by atoms with Crippen molar-refractivity contribution in [2.75, 3.05) is 0 Å². The third kappa shape index (κ3) is 183. The SMILES string of the molecule is O=C[O-].O=C[O-].O=C[O-].O=C[O-].[Tb+4].c1cnccn1. The Morgan fingerprint density at radius 2 is 0.684 bits per heavy atom. The maximum Gasteiger partial charge on any atom is 4.00 e. The van der Waals surface area contributed by atoms with Crippen LogP contribution in [0.15, 0.2) is 24.8 Å². The van der Waals surface area contributed by atoms with Crippen molar-refractivity contribution < 1.29 is 78.2 Å². The summed E-state index contributed by atoms with van der Waals surface area (Å²) in [7, 11) is 0. The summed E-state index contributed by atoms with van der Waals surface area (Å²) in [4.78, 5) is 40.4. The van der Waals surface area contributed by atoms with Gasteiger partial charge < -0.3 is 39.6 Å². The number of rotatable bonds is 0. The van der Waals surface area contributed by atoms with Crippen molar-refractivity contribution in [3.05, 3.63) is 24.8 Å². The molecule has 1 heterocycles. The molecule has 0 atom stereocenters. The summed E-state index contributed by atoms with van der Waals surface area (Å²) in [5, 5.41) is 33.0. The normalized spacial score (nSPS) is 5.05. The van der Waals surface area contributed by atoms with Gasteiger partial charge in [0.1, 0.15) is 0 Å². The van der Waals surface area contributed by atoms with E-state index in [9.17, 15) is 0 Å². The summed E-state index contributed by atoms with van der Waals surface area (Å²) >= 11 is 0. The Balaban J connectivity index is -0.0000000449. The van der Waals surface area contributed by atoms with Gasteiger partial charge in [0.05, 0.1) is 0 Å². The molecule has 0 unspecified atom stereocenters. The molecule has 107 valence electrons. The van der Waals surface area contributed by atoms with E-state index in [1.165, 1.54) is 0 Å². The van der Waals surface area contributed by atoms with E-state index in [1.807, 2.05) is 0 Å². The molecule has 1 aromatic rings. The Morgan fingerprint density at radius 3 is 0.737 bits per heavy atom. The Kier molecular flexibility index (Phi) is 88.7. The summed E-state index contributed by atoms with van der Waals surface area (Å²) in [6, 6.07) is 0. The van der Waals surface area contributed by atoms with E-state index in [4.69, 9.17) is 39.6 Å². The van der Waals surface area contributed by atoms with E-state index in [0.29, 0.717) is 0 Å². The summed E-state index contributed by atoms with van der Waals surface area (Å²) in [5.74, 6) is 0. The maximum absolute atomic E-state index is 8.25. The van der Waals surface area contributed by atoms with Crippen molar-refractivity contribution in [3.63, 3.8) is 0 Å². The van der Waals surface area contributed by atoms with Crippen LogP contribution in [0.3, 0.4) is 0 Å². The molecule has 10 nitrogen and oxygen atoms in total. The fourth-order valence-corrected chi connectivity index (χ4v) is 0.253. The van der Waals surface area contributed by atoms with E-state index in [-0.39, 0.29) is 38.6 Å². The van der Waals surface area contributed by atoms with Crippen molar-refractivity contribution in [1.82, 2.24) is 9.97 Å². The second-order valence-corrected chi connectivity index (χ2v) is 1.28. The molecule has 0 N–H and O–H groups in total. The number of hydrogen-bond acceptors (Lipinski definition) is 10. The quantitative estimate of drug-likeness (QED) is 0.366. The second-order valence-electron chi connectivity index (χ2n) is 1.28. The fraction of sp³-hybridized carbons (Fsp3) is 0. The van der Waals surface area contributed by atoms with Gasteiger partial charge in [0.25, 0.3) is 0 Å².